The van der Waals surface area contributed by atoms with E-state index >= 15 is 0 Å². The minimum absolute atomic E-state index is 0.532. The highest BCUT2D eigenvalue weighted by molar-refractivity contribution is 7.12. The fraction of sp³-hybridized carbons (Fsp3) is 0.727. The van der Waals surface area contributed by atoms with E-state index in [2.05, 4.69) is 4.98 Å². The van der Waals surface area contributed by atoms with E-state index in [1.807, 2.05) is 13.8 Å². The number of thiazole rings is 1. The molecule has 1 rings (SSSR count). The Morgan fingerprint density at radius 2 is 1.76 bits per heavy atom. The Labute approximate surface area is 107 Å². The Kier molecular flexibility index (Phi) is 4.03. The molecule has 0 radical (unpaired) electrons. The Hall–Kier alpha value is -0.425. The van der Waals surface area contributed by atoms with Gasteiger partial charge in [0.05, 0.1) is 21.8 Å². The maximum atomic E-state index is 10.0. The quantitative estimate of drug-likeness (QED) is 0.790. The van der Waals surface area contributed by atoms with Crippen molar-refractivity contribution in [3.05, 3.63) is 9.88 Å². The lowest BCUT2D eigenvalue weighted by Gasteiger charge is -2.38. The molecule has 96 valence electrons. The van der Waals surface area contributed by atoms with Crippen molar-refractivity contribution in [3.63, 3.8) is 0 Å². The lowest BCUT2D eigenvalue weighted by Crippen LogP contribution is -2.53. The minimum Gasteiger partial charge on any atom is -0.422 e. The number of rotatable bonds is 4. The van der Waals surface area contributed by atoms with Crippen LogP contribution < -0.4 is 5.59 Å². The first kappa shape index (κ1) is 14.6. The van der Waals surface area contributed by atoms with Crippen molar-refractivity contribution in [2.24, 2.45) is 0 Å². The average molecular weight is 257 g/mol. The molecule has 1 aromatic heterocycles. The van der Waals surface area contributed by atoms with Crippen LogP contribution in [-0.4, -0.2) is 33.4 Å². The van der Waals surface area contributed by atoms with E-state index in [1.54, 1.807) is 27.7 Å². The van der Waals surface area contributed by atoms with Crippen LogP contribution in [0.4, 0.5) is 0 Å². The van der Waals surface area contributed by atoms with Gasteiger partial charge in [0, 0.05) is 4.88 Å². The van der Waals surface area contributed by atoms with Gasteiger partial charge in [0.2, 0.25) is 0 Å². The van der Waals surface area contributed by atoms with Crippen molar-refractivity contribution in [1.82, 2.24) is 4.98 Å². The van der Waals surface area contributed by atoms with E-state index in [-0.39, 0.29) is 0 Å². The van der Waals surface area contributed by atoms with Crippen molar-refractivity contribution >= 4 is 24.0 Å². The van der Waals surface area contributed by atoms with Crippen molar-refractivity contribution in [3.8, 4) is 0 Å². The van der Waals surface area contributed by atoms with Crippen LogP contribution in [0.15, 0.2) is 0 Å². The number of aliphatic hydroxyl groups is 1. The van der Waals surface area contributed by atoms with Gasteiger partial charge in [-0.3, -0.25) is 4.98 Å². The maximum Gasteiger partial charge on any atom is 0.512 e. The Morgan fingerprint density at radius 1 is 1.24 bits per heavy atom. The number of aryl methyl sites for hydroxylation is 2. The van der Waals surface area contributed by atoms with E-state index in [4.69, 9.17) is 4.65 Å². The van der Waals surface area contributed by atoms with Crippen LogP contribution in [-0.2, 0) is 4.65 Å². The summed E-state index contributed by atoms with van der Waals surface area (Å²) in [5.74, 6) is 0. The molecule has 17 heavy (non-hydrogen) atoms. The third kappa shape index (κ3) is 3.28. The van der Waals surface area contributed by atoms with Crippen LogP contribution in [0.25, 0.3) is 0 Å². The topological polar surface area (TPSA) is 62.6 Å². The van der Waals surface area contributed by atoms with Gasteiger partial charge in [-0.05, 0) is 41.5 Å². The zero-order valence-electron chi connectivity index (χ0n) is 11.2. The molecule has 2 N–H and O–H groups in total. The normalized spacial score (nSPS) is 12.9. The predicted octanol–water partition coefficient (Wildman–Crippen LogP) is 1.01. The summed E-state index contributed by atoms with van der Waals surface area (Å²) in [5, 5.41) is 20.9. The summed E-state index contributed by atoms with van der Waals surface area (Å²) in [6.45, 7) is 10.6. The van der Waals surface area contributed by atoms with Crippen LogP contribution in [0.1, 0.15) is 37.6 Å². The van der Waals surface area contributed by atoms with Crippen molar-refractivity contribution in [1.29, 1.82) is 0 Å². The monoisotopic (exact) mass is 257 g/mol. The highest BCUT2D eigenvalue weighted by Crippen LogP contribution is 2.25. The van der Waals surface area contributed by atoms with Gasteiger partial charge in [0.25, 0.3) is 0 Å². The van der Waals surface area contributed by atoms with Gasteiger partial charge in [-0.15, -0.1) is 11.3 Å². The highest BCUT2D eigenvalue weighted by atomic mass is 32.1. The van der Waals surface area contributed by atoms with E-state index in [9.17, 15) is 10.1 Å². The third-order valence-corrected chi connectivity index (χ3v) is 3.95. The standard InChI is InChI=1S/C11H20BNO3S/c1-7-9(13-8(2)17-7)12(15)16-11(5,6)10(3,4)14/h14-15H,1-6H3. The molecule has 0 unspecified atom stereocenters. The summed E-state index contributed by atoms with van der Waals surface area (Å²) in [6.07, 6.45) is 0. The molecule has 0 aliphatic carbocycles. The van der Waals surface area contributed by atoms with E-state index < -0.39 is 18.3 Å². The third-order valence-electron chi connectivity index (χ3n) is 3.05. The van der Waals surface area contributed by atoms with Gasteiger partial charge >= 0.3 is 7.12 Å². The molecule has 0 saturated heterocycles. The zero-order chi connectivity index (χ0) is 13.4. The highest BCUT2D eigenvalue weighted by Gasteiger charge is 2.40. The fourth-order valence-corrected chi connectivity index (χ4v) is 2.09. The summed E-state index contributed by atoms with van der Waals surface area (Å²) < 4.78 is 5.53. The van der Waals surface area contributed by atoms with Crippen molar-refractivity contribution in [2.75, 3.05) is 0 Å². The van der Waals surface area contributed by atoms with Crippen molar-refractivity contribution in [2.45, 2.75) is 52.7 Å². The van der Waals surface area contributed by atoms with Gasteiger partial charge < -0.3 is 14.8 Å². The smallest absolute Gasteiger partial charge is 0.422 e. The molecule has 0 bridgehead atoms. The van der Waals surface area contributed by atoms with Gasteiger partial charge in [0.1, 0.15) is 0 Å². The number of hydrogen-bond acceptors (Lipinski definition) is 5. The van der Waals surface area contributed by atoms with Crippen LogP contribution in [0.5, 0.6) is 0 Å². The predicted molar refractivity (Wildman–Crippen MR) is 70.7 cm³/mol. The van der Waals surface area contributed by atoms with Gasteiger partial charge in [0.15, 0.2) is 0 Å². The Balaban J connectivity index is 2.86. The molecule has 6 heteroatoms. The number of nitrogens with zero attached hydrogens (tertiary/aromatic N) is 1. The Morgan fingerprint density at radius 3 is 2.12 bits per heavy atom. The summed E-state index contributed by atoms with van der Waals surface area (Å²) in [5.41, 5.74) is -1.38. The average Bonchev–Trinajstić information content (AvgIpc) is 2.42. The molecule has 0 atom stereocenters. The van der Waals surface area contributed by atoms with E-state index in [1.165, 1.54) is 11.3 Å². The minimum atomic E-state index is -1.11. The molecule has 1 aromatic rings. The number of hydrogen-bond donors (Lipinski definition) is 2. The van der Waals surface area contributed by atoms with Crippen LogP contribution in [0, 0.1) is 13.8 Å². The largest absolute Gasteiger partial charge is 0.512 e. The maximum absolute atomic E-state index is 10.0. The molecular weight excluding hydrogens is 237 g/mol. The summed E-state index contributed by atoms with van der Waals surface area (Å²) >= 11 is 1.52. The first-order valence-electron chi connectivity index (χ1n) is 5.57. The summed E-state index contributed by atoms with van der Waals surface area (Å²) in [6, 6.07) is 0. The lowest BCUT2D eigenvalue weighted by atomic mass is 9.80. The molecule has 0 aliphatic heterocycles. The molecule has 4 nitrogen and oxygen atoms in total. The van der Waals surface area contributed by atoms with Crippen LogP contribution in [0.2, 0.25) is 0 Å². The Bertz CT molecular complexity index is 398. The molecule has 0 fully saturated rings. The van der Waals surface area contributed by atoms with Crippen LogP contribution in [0.3, 0.4) is 0 Å². The van der Waals surface area contributed by atoms with E-state index in [0.29, 0.717) is 5.59 Å². The van der Waals surface area contributed by atoms with Gasteiger partial charge in [-0.1, -0.05) is 0 Å². The SMILES string of the molecule is Cc1nc(B(O)OC(C)(C)C(C)(C)O)c(C)s1. The second-order valence-electron chi connectivity index (χ2n) is 5.21. The van der Waals surface area contributed by atoms with Crippen LogP contribution >= 0.6 is 11.3 Å². The van der Waals surface area contributed by atoms with Gasteiger partial charge in [-0.2, -0.15) is 0 Å². The summed E-state index contributed by atoms with van der Waals surface area (Å²) in [7, 11) is -1.11. The molecule has 0 aromatic carbocycles. The molecule has 0 amide bonds. The van der Waals surface area contributed by atoms with Gasteiger partial charge in [-0.25, -0.2) is 0 Å². The molecular formula is C11H20BNO3S. The molecule has 0 spiro atoms. The fourth-order valence-electron chi connectivity index (χ4n) is 1.25. The second-order valence-corrected chi connectivity index (χ2v) is 6.62. The van der Waals surface area contributed by atoms with E-state index in [0.717, 1.165) is 9.88 Å². The number of aromatic nitrogens is 1. The van der Waals surface area contributed by atoms with Crippen molar-refractivity contribution < 1.29 is 14.8 Å². The summed E-state index contributed by atoms with van der Waals surface area (Å²) in [4.78, 5) is 5.17. The molecule has 1 heterocycles. The molecule has 0 saturated carbocycles. The lowest BCUT2D eigenvalue weighted by molar-refractivity contribution is -0.0983. The second kappa shape index (κ2) is 4.68. The molecule has 0 aliphatic rings. The first-order chi connectivity index (χ1) is 7.54. The first-order valence-corrected chi connectivity index (χ1v) is 6.38. The zero-order valence-corrected chi connectivity index (χ0v) is 12.1.